The Labute approximate surface area is 99.6 Å². The van der Waals surface area contributed by atoms with Gasteiger partial charge in [0.1, 0.15) is 0 Å². The fourth-order valence-electron chi connectivity index (χ4n) is 2.08. The molecule has 1 heterocycles. The van der Waals surface area contributed by atoms with Crippen LogP contribution in [0.2, 0.25) is 5.02 Å². The molecule has 3 rings (SSSR count). The molecular formula is C13H14ClNO. The Bertz CT molecular complexity index is 502. The summed E-state index contributed by atoms with van der Waals surface area (Å²) in [6, 6.07) is 6.58. The van der Waals surface area contributed by atoms with Crippen LogP contribution in [-0.2, 0) is 6.54 Å². The van der Waals surface area contributed by atoms with Crippen LogP contribution in [0.25, 0.3) is 11.0 Å². The lowest BCUT2D eigenvalue weighted by molar-refractivity contribution is 0.338. The van der Waals surface area contributed by atoms with Gasteiger partial charge in [-0.1, -0.05) is 30.2 Å². The van der Waals surface area contributed by atoms with Crippen molar-refractivity contribution in [2.24, 2.45) is 0 Å². The molecule has 84 valence electrons. The molecular weight excluding hydrogens is 222 g/mol. The number of fused-ring (bicyclic) bond motifs is 1. The molecule has 1 fully saturated rings. The number of furan rings is 1. The number of benzene rings is 1. The first-order valence-electron chi connectivity index (χ1n) is 5.72. The maximum absolute atomic E-state index is 6.06. The summed E-state index contributed by atoms with van der Waals surface area (Å²) in [7, 11) is 0. The van der Waals surface area contributed by atoms with E-state index in [0.29, 0.717) is 11.1 Å². The fraction of sp³-hybridized carbons (Fsp3) is 0.385. The minimum atomic E-state index is 0.687. The molecule has 2 nitrogen and oxygen atoms in total. The van der Waals surface area contributed by atoms with E-state index >= 15 is 0 Å². The lowest BCUT2D eigenvalue weighted by Crippen LogP contribution is -2.34. The van der Waals surface area contributed by atoms with Gasteiger partial charge in [0.15, 0.2) is 5.58 Å². The summed E-state index contributed by atoms with van der Waals surface area (Å²) < 4.78 is 5.49. The molecule has 0 unspecified atom stereocenters. The summed E-state index contributed by atoms with van der Waals surface area (Å²) in [6.07, 6.45) is 5.77. The molecule has 0 radical (unpaired) electrons. The number of para-hydroxylation sites is 1. The van der Waals surface area contributed by atoms with Crippen LogP contribution < -0.4 is 5.32 Å². The van der Waals surface area contributed by atoms with Gasteiger partial charge in [-0.3, -0.25) is 0 Å². The van der Waals surface area contributed by atoms with Crippen LogP contribution in [0.4, 0.5) is 0 Å². The number of rotatable bonds is 3. The predicted octanol–water partition coefficient (Wildman–Crippen LogP) is 3.73. The van der Waals surface area contributed by atoms with Gasteiger partial charge in [-0.2, -0.15) is 0 Å². The maximum Gasteiger partial charge on any atom is 0.152 e. The van der Waals surface area contributed by atoms with Crippen molar-refractivity contribution in [1.29, 1.82) is 0 Å². The van der Waals surface area contributed by atoms with Gasteiger partial charge in [0.25, 0.3) is 0 Å². The van der Waals surface area contributed by atoms with Gasteiger partial charge in [0.2, 0.25) is 0 Å². The van der Waals surface area contributed by atoms with Gasteiger partial charge >= 0.3 is 0 Å². The highest BCUT2D eigenvalue weighted by molar-refractivity contribution is 6.34. The van der Waals surface area contributed by atoms with Crippen LogP contribution in [0, 0.1) is 0 Å². The standard InChI is InChI=1S/C13H14ClNO/c14-12-6-2-5-11-9(8-16-13(11)12)7-15-10-3-1-4-10/h2,5-6,8,10,15H,1,3-4,7H2. The average Bonchev–Trinajstić information content (AvgIpc) is 2.61. The lowest BCUT2D eigenvalue weighted by atomic mass is 9.93. The molecule has 3 heteroatoms. The summed E-state index contributed by atoms with van der Waals surface area (Å²) in [5.41, 5.74) is 2.00. The van der Waals surface area contributed by atoms with Crippen LogP contribution in [0.5, 0.6) is 0 Å². The first kappa shape index (κ1) is 10.2. The summed E-state index contributed by atoms with van der Waals surface area (Å²) >= 11 is 6.06. The Morgan fingerprint density at radius 1 is 1.38 bits per heavy atom. The Morgan fingerprint density at radius 2 is 2.25 bits per heavy atom. The number of nitrogens with one attached hydrogen (secondary N) is 1. The second kappa shape index (κ2) is 4.11. The summed E-state index contributed by atoms with van der Waals surface area (Å²) in [4.78, 5) is 0. The van der Waals surface area contributed by atoms with Crippen molar-refractivity contribution < 1.29 is 4.42 Å². The zero-order valence-electron chi connectivity index (χ0n) is 9.00. The summed E-state index contributed by atoms with van der Waals surface area (Å²) in [6.45, 7) is 0.873. The van der Waals surface area contributed by atoms with Gasteiger partial charge in [-0.05, 0) is 18.9 Å². The minimum absolute atomic E-state index is 0.687. The summed E-state index contributed by atoms with van der Waals surface area (Å²) in [5, 5.41) is 5.34. The molecule has 1 N–H and O–H groups in total. The summed E-state index contributed by atoms with van der Waals surface area (Å²) in [5.74, 6) is 0. The van der Waals surface area contributed by atoms with Crippen molar-refractivity contribution in [3.05, 3.63) is 35.0 Å². The van der Waals surface area contributed by atoms with Gasteiger partial charge in [-0.25, -0.2) is 0 Å². The highest BCUT2D eigenvalue weighted by atomic mass is 35.5. The highest BCUT2D eigenvalue weighted by Crippen LogP contribution is 2.28. The largest absolute Gasteiger partial charge is 0.462 e. The molecule has 0 atom stereocenters. The predicted molar refractivity (Wildman–Crippen MR) is 65.7 cm³/mol. The SMILES string of the molecule is Clc1cccc2c(CNC3CCC3)coc12. The Morgan fingerprint density at radius 3 is 3.00 bits per heavy atom. The van der Waals surface area contributed by atoms with Crippen LogP contribution >= 0.6 is 11.6 Å². The van der Waals surface area contributed by atoms with Crippen molar-refractivity contribution in [1.82, 2.24) is 5.32 Å². The quantitative estimate of drug-likeness (QED) is 0.877. The Hall–Kier alpha value is -0.990. The van der Waals surface area contributed by atoms with Gasteiger partial charge in [-0.15, -0.1) is 0 Å². The van der Waals surface area contributed by atoms with E-state index < -0.39 is 0 Å². The molecule has 0 bridgehead atoms. The van der Waals surface area contributed by atoms with E-state index in [-0.39, 0.29) is 0 Å². The first-order chi connectivity index (χ1) is 7.84. The Balaban J connectivity index is 1.83. The van der Waals surface area contributed by atoms with Crippen molar-refractivity contribution >= 4 is 22.6 Å². The van der Waals surface area contributed by atoms with E-state index in [2.05, 4.69) is 11.4 Å². The second-order valence-electron chi connectivity index (χ2n) is 4.39. The molecule has 0 saturated heterocycles. The van der Waals surface area contributed by atoms with E-state index in [9.17, 15) is 0 Å². The topological polar surface area (TPSA) is 25.2 Å². The van der Waals surface area contributed by atoms with E-state index in [1.165, 1.54) is 24.8 Å². The number of hydrogen-bond donors (Lipinski definition) is 1. The molecule has 0 amide bonds. The molecule has 1 aliphatic rings. The lowest BCUT2D eigenvalue weighted by Gasteiger charge is -2.26. The molecule has 1 aliphatic carbocycles. The highest BCUT2D eigenvalue weighted by Gasteiger charge is 2.17. The van der Waals surface area contributed by atoms with Crippen LogP contribution in [0.3, 0.4) is 0 Å². The number of hydrogen-bond acceptors (Lipinski definition) is 2. The minimum Gasteiger partial charge on any atom is -0.462 e. The van der Waals surface area contributed by atoms with Gasteiger partial charge in [0, 0.05) is 23.5 Å². The molecule has 2 aromatic rings. The van der Waals surface area contributed by atoms with Gasteiger partial charge in [0.05, 0.1) is 11.3 Å². The van der Waals surface area contributed by atoms with Crippen molar-refractivity contribution in [3.63, 3.8) is 0 Å². The zero-order valence-corrected chi connectivity index (χ0v) is 9.76. The van der Waals surface area contributed by atoms with E-state index in [0.717, 1.165) is 17.5 Å². The molecule has 0 spiro atoms. The zero-order chi connectivity index (χ0) is 11.0. The third-order valence-corrected chi connectivity index (χ3v) is 3.62. The Kier molecular flexibility index (Phi) is 2.62. The molecule has 0 aliphatic heterocycles. The van der Waals surface area contributed by atoms with Crippen LogP contribution in [0.15, 0.2) is 28.9 Å². The fourth-order valence-corrected chi connectivity index (χ4v) is 2.30. The molecule has 16 heavy (non-hydrogen) atoms. The van der Waals surface area contributed by atoms with Crippen LogP contribution in [0.1, 0.15) is 24.8 Å². The average molecular weight is 236 g/mol. The van der Waals surface area contributed by atoms with Crippen LogP contribution in [-0.4, -0.2) is 6.04 Å². The monoisotopic (exact) mass is 235 g/mol. The third kappa shape index (κ3) is 1.72. The third-order valence-electron chi connectivity index (χ3n) is 3.32. The van der Waals surface area contributed by atoms with Crippen molar-refractivity contribution in [2.45, 2.75) is 31.8 Å². The molecule has 1 aromatic heterocycles. The normalized spacial score (nSPS) is 16.6. The smallest absolute Gasteiger partial charge is 0.152 e. The second-order valence-corrected chi connectivity index (χ2v) is 4.79. The van der Waals surface area contributed by atoms with Crippen molar-refractivity contribution in [3.8, 4) is 0 Å². The first-order valence-corrected chi connectivity index (χ1v) is 6.10. The van der Waals surface area contributed by atoms with E-state index in [4.69, 9.17) is 16.0 Å². The van der Waals surface area contributed by atoms with E-state index in [1.807, 2.05) is 18.4 Å². The van der Waals surface area contributed by atoms with Crippen molar-refractivity contribution in [2.75, 3.05) is 0 Å². The van der Waals surface area contributed by atoms with E-state index in [1.54, 1.807) is 0 Å². The maximum atomic E-state index is 6.06. The molecule has 1 aromatic carbocycles. The molecule has 1 saturated carbocycles. The van der Waals surface area contributed by atoms with Gasteiger partial charge < -0.3 is 9.73 Å². The number of halogens is 1.